The van der Waals surface area contributed by atoms with E-state index in [1.807, 2.05) is 0 Å². The quantitative estimate of drug-likeness (QED) is 0.578. The first-order valence-electron chi connectivity index (χ1n) is 5.23. The lowest BCUT2D eigenvalue weighted by Crippen LogP contribution is -2.62. The van der Waals surface area contributed by atoms with Crippen LogP contribution in [0.25, 0.3) is 0 Å². The van der Waals surface area contributed by atoms with Crippen LogP contribution < -0.4 is 5.32 Å². The second-order valence-electron chi connectivity index (χ2n) is 4.26. The van der Waals surface area contributed by atoms with Gasteiger partial charge in [0.25, 0.3) is 0 Å². The minimum Gasteiger partial charge on any atom is -0.445 e. The van der Waals surface area contributed by atoms with Crippen molar-refractivity contribution in [3.05, 3.63) is 12.7 Å². The van der Waals surface area contributed by atoms with Crippen molar-refractivity contribution >= 4 is 12.4 Å². The highest BCUT2D eigenvalue weighted by Crippen LogP contribution is 2.22. The average molecular weight is 243 g/mol. The molecule has 1 aliphatic heterocycles. The Morgan fingerprint density at radius 1 is 1.47 bits per heavy atom. The normalized spacial score (nSPS) is 21.3. The van der Waals surface area contributed by atoms with Gasteiger partial charge in [-0.2, -0.15) is 0 Å². The number of carbonyl (C=O) groups excluding carboxylic acids is 2. The number of ether oxygens (including phenoxy) is 3. The van der Waals surface area contributed by atoms with Crippen molar-refractivity contribution in [2.75, 3.05) is 19.8 Å². The Balaban J connectivity index is 2.56. The molecule has 0 aliphatic carbocycles. The fourth-order valence-electron chi connectivity index (χ4n) is 1.23. The topological polar surface area (TPSA) is 73.9 Å². The zero-order valence-corrected chi connectivity index (χ0v) is 10.0. The van der Waals surface area contributed by atoms with E-state index >= 15 is 0 Å². The summed E-state index contributed by atoms with van der Waals surface area (Å²) < 4.78 is 15.4. The van der Waals surface area contributed by atoms with E-state index in [0.717, 1.165) is 0 Å². The molecule has 0 atom stereocenters. The summed E-state index contributed by atoms with van der Waals surface area (Å²) in [7, 11) is 0. The van der Waals surface area contributed by atoms with Crippen LogP contribution in [-0.2, 0) is 19.0 Å². The van der Waals surface area contributed by atoms with Gasteiger partial charge >= 0.3 is 6.09 Å². The van der Waals surface area contributed by atoms with Crippen molar-refractivity contribution in [2.45, 2.75) is 25.2 Å². The smallest absolute Gasteiger partial charge is 0.408 e. The highest BCUT2D eigenvalue weighted by Gasteiger charge is 2.41. The fraction of sp³-hybridized carbons (Fsp3) is 0.636. The second-order valence-corrected chi connectivity index (χ2v) is 4.26. The molecule has 1 aliphatic rings. The standard InChI is InChI=1S/C11H17NO5/c1-4-5-15-9(14)12-11(6-13)7-16-10(2,3)17-8-11/h4,6H,1,5,7-8H2,2-3H3,(H,12,14). The molecule has 0 bridgehead atoms. The second kappa shape index (κ2) is 5.29. The zero-order valence-electron chi connectivity index (χ0n) is 10.0. The van der Waals surface area contributed by atoms with E-state index < -0.39 is 17.4 Å². The van der Waals surface area contributed by atoms with Gasteiger partial charge in [0.15, 0.2) is 5.79 Å². The Morgan fingerprint density at radius 2 is 2.06 bits per heavy atom. The number of amides is 1. The molecule has 96 valence electrons. The molecule has 1 amide bonds. The summed E-state index contributed by atoms with van der Waals surface area (Å²) in [5.41, 5.74) is -1.19. The third-order valence-electron chi connectivity index (χ3n) is 2.26. The lowest BCUT2D eigenvalue weighted by molar-refractivity contribution is -0.264. The van der Waals surface area contributed by atoms with E-state index in [9.17, 15) is 9.59 Å². The average Bonchev–Trinajstić information content (AvgIpc) is 2.30. The highest BCUT2D eigenvalue weighted by molar-refractivity contribution is 5.77. The van der Waals surface area contributed by atoms with Gasteiger partial charge in [0.2, 0.25) is 0 Å². The maximum absolute atomic E-state index is 11.3. The van der Waals surface area contributed by atoms with Crippen LogP contribution in [0.3, 0.4) is 0 Å². The summed E-state index contributed by atoms with van der Waals surface area (Å²) in [5.74, 6) is -0.751. The molecule has 6 nitrogen and oxygen atoms in total. The van der Waals surface area contributed by atoms with E-state index in [1.165, 1.54) is 6.08 Å². The van der Waals surface area contributed by atoms with E-state index in [4.69, 9.17) is 14.2 Å². The van der Waals surface area contributed by atoms with E-state index in [1.54, 1.807) is 13.8 Å². The molecule has 6 heteroatoms. The molecule has 0 aromatic heterocycles. The Morgan fingerprint density at radius 3 is 2.53 bits per heavy atom. The highest BCUT2D eigenvalue weighted by atomic mass is 16.7. The number of hydrogen-bond donors (Lipinski definition) is 1. The third-order valence-corrected chi connectivity index (χ3v) is 2.26. The monoisotopic (exact) mass is 243 g/mol. The van der Waals surface area contributed by atoms with Crippen LogP contribution in [0.2, 0.25) is 0 Å². The molecule has 0 aromatic rings. The summed E-state index contributed by atoms with van der Waals surface area (Å²) in [6.45, 7) is 7.05. The predicted molar refractivity (Wildman–Crippen MR) is 59.5 cm³/mol. The van der Waals surface area contributed by atoms with Crippen molar-refractivity contribution in [3.63, 3.8) is 0 Å². The van der Waals surface area contributed by atoms with Crippen LogP contribution in [-0.4, -0.2) is 43.5 Å². The van der Waals surface area contributed by atoms with Crippen molar-refractivity contribution in [1.29, 1.82) is 0 Å². The lowest BCUT2D eigenvalue weighted by Gasteiger charge is -2.40. The molecule has 1 rings (SSSR count). The number of nitrogens with one attached hydrogen (secondary N) is 1. The molecule has 0 unspecified atom stereocenters. The van der Waals surface area contributed by atoms with Gasteiger partial charge in [-0.15, -0.1) is 0 Å². The molecule has 0 saturated carbocycles. The summed E-state index contributed by atoms with van der Waals surface area (Å²) in [6, 6.07) is 0. The zero-order chi connectivity index (χ0) is 12.9. The maximum atomic E-state index is 11.3. The third kappa shape index (κ3) is 3.83. The van der Waals surface area contributed by atoms with Crippen molar-refractivity contribution in [2.24, 2.45) is 0 Å². The number of aldehydes is 1. The van der Waals surface area contributed by atoms with Gasteiger partial charge in [-0.05, 0) is 13.8 Å². The van der Waals surface area contributed by atoms with E-state index in [-0.39, 0.29) is 19.8 Å². The molecule has 17 heavy (non-hydrogen) atoms. The number of rotatable bonds is 4. The summed E-state index contributed by atoms with van der Waals surface area (Å²) in [5, 5.41) is 2.43. The van der Waals surface area contributed by atoms with Crippen molar-refractivity contribution in [1.82, 2.24) is 5.32 Å². The van der Waals surface area contributed by atoms with Gasteiger partial charge in [-0.3, -0.25) is 0 Å². The molecule has 0 spiro atoms. The Labute approximate surface area is 99.9 Å². The first-order chi connectivity index (χ1) is 7.93. The van der Waals surface area contributed by atoms with Crippen molar-refractivity contribution < 1.29 is 23.8 Å². The summed E-state index contributed by atoms with van der Waals surface area (Å²) >= 11 is 0. The molecule has 1 saturated heterocycles. The first kappa shape index (κ1) is 13.7. The van der Waals surface area contributed by atoms with Crippen LogP contribution in [0.4, 0.5) is 4.79 Å². The first-order valence-corrected chi connectivity index (χ1v) is 5.23. The molecule has 1 heterocycles. The van der Waals surface area contributed by atoms with Crippen LogP contribution in [0.15, 0.2) is 12.7 Å². The van der Waals surface area contributed by atoms with Gasteiger partial charge < -0.3 is 24.3 Å². The molecule has 0 aromatic carbocycles. The molecular weight excluding hydrogens is 226 g/mol. The van der Waals surface area contributed by atoms with Gasteiger partial charge in [0.05, 0.1) is 13.2 Å². The summed E-state index contributed by atoms with van der Waals surface area (Å²) in [6.07, 6.45) is 1.32. The van der Waals surface area contributed by atoms with Crippen molar-refractivity contribution in [3.8, 4) is 0 Å². The van der Waals surface area contributed by atoms with Crippen LogP contribution in [0.5, 0.6) is 0 Å². The Bertz CT molecular complexity index is 303. The van der Waals surface area contributed by atoms with Crippen LogP contribution in [0.1, 0.15) is 13.8 Å². The lowest BCUT2D eigenvalue weighted by atomic mass is 10.0. The van der Waals surface area contributed by atoms with Crippen LogP contribution >= 0.6 is 0 Å². The fourth-order valence-corrected chi connectivity index (χ4v) is 1.23. The van der Waals surface area contributed by atoms with E-state index in [2.05, 4.69) is 11.9 Å². The largest absolute Gasteiger partial charge is 0.445 e. The Hall–Kier alpha value is -1.40. The number of alkyl carbamates (subject to hydrolysis) is 1. The predicted octanol–water partition coefficient (Wildman–Crippen LogP) is 0.619. The Kier molecular flexibility index (Phi) is 4.25. The number of carbonyl (C=O) groups is 2. The minimum atomic E-state index is -1.19. The summed E-state index contributed by atoms with van der Waals surface area (Å²) in [4.78, 5) is 22.4. The molecule has 0 radical (unpaired) electrons. The van der Waals surface area contributed by atoms with Crippen LogP contribution in [0, 0.1) is 0 Å². The van der Waals surface area contributed by atoms with Gasteiger partial charge in [0, 0.05) is 0 Å². The van der Waals surface area contributed by atoms with Gasteiger partial charge in [-0.1, -0.05) is 12.7 Å². The minimum absolute atomic E-state index is 0.0483. The molecule has 1 N–H and O–H groups in total. The maximum Gasteiger partial charge on any atom is 0.408 e. The SMILES string of the molecule is C=CCOC(=O)NC1(C=O)COC(C)(C)OC1. The number of hydrogen-bond acceptors (Lipinski definition) is 5. The van der Waals surface area contributed by atoms with Gasteiger partial charge in [-0.25, -0.2) is 4.79 Å². The molecule has 1 fully saturated rings. The van der Waals surface area contributed by atoms with Gasteiger partial charge in [0.1, 0.15) is 18.4 Å². The van der Waals surface area contributed by atoms with E-state index in [0.29, 0.717) is 6.29 Å². The molecular formula is C11H17NO5.